The van der Waals surface area contributed by atoms with E-state index < -0.39 is 23.4 Å². The largest absolute Gasteiger partial charge is 0.484 e. The van der Waals surface area contributed by atoms with Crippen LogP contribution in [0.25, 0.3) is 0 Å². The summed E-state index contributed by atoms with van der Waals surface area (Å²) >= 11 is 12.2. The van der Waals surface area contributed by atoms with Crippen molar-refractivity contribution in [1.82, 2.24) is 10.2 Å². The number of halogens is 2. The van der Waals surface area contributed by atoms with Gasteiger partial charge in [0.15, 0.2) is 6.61 Å². The van der Waals surface area contributed by atoms with E-state index in [0.717, 1.165) is 4.90 Å². The number of imide groups is 1. The van der Waals surface area contributed by atoms with E-state index in [4.69, 9.17) is 33.7 Å². The van der Waals surface area contributed by atoms with Gasteiger partial charge in [-0.25, -0.2) is 4.79 Å². The minimum absolute atomic E-state index is 0.0270. The third-order valence-electron chi connectivity index (χ3n) is 4.37. The number of hydrogen-bond acceptors (Lipinski definition) is 4. The van der Waals surface area contributed by atoms with Crippen LogP contribution in [0.15, 0.2) is 42.5 Å². The van der Waals surface area contributed by atoms with E-state index in [1.807, 2.05) is 0 Å². The summed E-state index contributed by atoms with van der Waals surface area (Å²) in [6, 6.07) is 10.9. The maximum absolute atomic E-state index is 13.0. The molecule has 3 N–H and O–H groups in total. The summed E-state index contributed by atoms with van der Waals surface area (Å²) in [6.07, 6.45) is 0. The lowest BCUT2D eigenvalue weighted by molar-refractivity contribution is -0.131. The Morgan fingerprint density at radius 2 is 1.96 bits per heavy atom. The first kappa shape index (κ1) is 20.0. The minimum Gasteiger partial charge on any atom is -0.484 e. The van der Waals surface area contributed by atoms with E-state index in [1.54, 1.807) is 43.3 Å². The van der Waals surface area contributed by atoms with Crippen molar-refractivity contribution in [2.45, 2.75) is 19.0 Å². The van der Waals surface area contributed by atoms with Crippen LogP contribution in [-0.4, -0.2) is 29.4 Å². The Labute approximate surface area is 171 Å². The molecule has 28 heavy (non-hydrogen) atoms. The van der Waals surface area contributed by atoms with Crippen LogP contribution in [0.1, 0.15) is 18.1 Å². The topological polar surface area (TPSA) is 102 Å². The molecule has 3 rings (SSSR count). The summed E-state index contributed by atoms with van der Waals surface area (Å²) in [7, 11) is 0. The molecule has 1 saturated heterocycles. The van der Waals surface area contributed by atoms with Crippen molar-refractivity contribution in [2.24, 2.45) is 5.73 Å². The Balaban J connectivity index is 1.82. The summed E-state index contributed by atoms with van der Waals surface area (Å²) in [4.78, 5) is 37.5. The van der Waals surface area contributed by atoms with Crippen LogP contribution in [0.5, 0.6) is 5.75 Å². The van der Waals surface area contributed by atoms with Crippen LogP contribution >= 0.6 is 23.2 Å². The van der Waals surface area contributed by atoms with Crippen LogP contribution < -0.4 is 15.8 Å². The smallest absolute Gasteiger partial charge is 0.325 e. The molecule has 1 heterocycles. The number of hydrogen-bond donors (Lipinski definition) is 2. The van der Waals surface area contributed by atoms with Crippen molar-refractivity contribution in [2.75, 3.05) is 6.61 Å². The maximum Gasteiger partial charge on any atom is 0.325 e. The lowest BCUT2D eigenvalue weighted by Gasteiger charge is -2.23. The molecule has 0 saturated carbocycles. The molecular weight excluding hydrogens is 405 g/mol. The first-order valence-corrected chi connectivity index (χ1v) is 9.06. The fourth-order valence-corrected chi connectivity index (χ4v) is 3.59. The normalized spacial score (nSPS) is 18.9. The van der Waals surface area contributed by atoms with Gasteiger partial charge in [0.1, 0.15) is 11.3 Å². The lowest BCUT2D eigenvalue weighted by Crippen LogP contribution is -2.41. The van der Waals surface area contributed by atoms with Crippen LogP contribution in [0, 0.1) is 0 Å². The molecule has 7 nitrogen and oxygen atoms in total. The molecular formula is C19H17Cl2N3O4. The third-order valence-corrected chi connectivity index (χ3v) is 4.91. The Hall–Kier alpha value is -2.77. The lowest BCUT2D eigenvalue weighted by atomic mass is 9.92. The fraction of sp³-hybridized carbons (Fsp3) is 0.211. The summed E-state index contributed by atoms with van der Waals surface area (Å²) in [5.41, 5.74) is 4.86. The summed E-state index contributed by atoms with van der Waals surface area (Å²) in [6.45, 7) is 1.35. The predicted octanol–water partition coefficient (Wildman–Crippen LogP) is 2.82. The number of nitrogens with zero attached hydrogens (tertiary/aromatic N) is 1. The van der Waals surface area contributed by atoms with Crippen LogP contribution in [0.4, 0.5) is 4.79 Å². The van der Waals surface area contributed by atoms with Crippen molar-refractivity contribution in [1.29, 1.82) is 0 Å². The highest BCUT2D eigenvalue weighted by atomic mass is 35.5. The molecule has 0 radical (unpaired) electrons. The average Bonchev–Trinajstić information content (AvgIpc) is 2.84. The Morgan fingerprint density at radius 1 is 1.21 bits per heavy atom. The molecule has 0 spiro atoms. The zero-order chi connectivity index (χ0) is 20.5. The highest BCUT2D eigenvalue weighted by Crippen LogP contribution is 2.35. The Bertz CT molecular complexity index is 966. The minimum atomic E-state index is -1.31. The molecule has 4 amide bonds. The van der Waals surface area contributed by atoms with Gasteiger partial charge < -0.3 is 15.8 Å². The second-order valence-corrected chi connectivity index (χ2v) is 7.32. The number of carbonyl (C=O) groups excluding carboxylic acids is 3. The monoisotopic (exact) mass is 421 g/mol. The molecule has 146 valence electrons. The van der Waals surface area contributed by atoms with Crippen molar-refractivity contribution in [3.8, 4) is 5.75 Å². The number of urea groups is 1. The van der Waals surface area contributed by atoms with Gasteiger partial charge in [-0.2, -0.15) is 0 Å². The van der Waals surface area contributed by atoms with E-state index >= 15 is 0 Å². The first-order chi connectivity index (χ1) is 13.2. The zero-order valence-corrected chi connectivity index (χ0v) is 16.4. The Morgan fingerprint density at radius 3 is 2.64 bits per heavy atom. The SMILES string of the molecule is CC1(c2ccc(Cl)cc2Cl)NC(=O)N(Cc2cccc(OCC(N)=O)c2)C1=O. The van der Waals surface area contributed by atoms with E-state index in [2.05, 4.69) is 5.32 Å². The molecule has 1 aliphatic heterocycles. The van der Waals surface area contributed by atoms with Crippen molar-refractivity contribution >= 4 is 41.0 Å². The van der Waals surface area contributed by atoms with Crippen molar-refractivity contribution < 1.29 is 19.1 Å². The summed E-state index contributed by atoms with van der Waals surface area (Å²) in [5.74, 6) is -0.632. The highest BCUT2D eigenvalue weighted by Gasteiger charge is 2.49. The quantitative estimate of drug-likeness (QED) is 0.699. The standard InChI is InChI=1S/C19H17Cl2N3O4/c1-19(14-6-5-12(20)8-15(14)21)17(26)24(18(27)23-19)9-11-3-2-4-13(7-11)28-10-16(22)25/h2-8H,9-10H2,1H3,(H2,22,25)(H,23,27). The van der Waals surface area contributed by atoms with Crippen LogP contribution in [-0.2, 0) is 21.7 Å². The van der Waals surface area contributed by atoms with Gasteiger partial charge in [0.25, 0.3) is 11.8 Å². The molecule has 9 heteroatoms. The molecule has 1 fully saturated rings. The second kappa shape index (κ2) is 7.69. The van der Waals surface area contributed by atoms with Gasteiger partial charge in [-0.3, -0.25) is 14.5 Å². The van der Waals surface area contributed by atoms with E-state index in [1.165, 1.54) is 6.07 Å². The van der Waals surface area contributed by atoms with Gasteiger partial charge in [0, 0.05) is 15.6 Å². The Kier molecular flexibility index (Phi) is 5.49. The predicted molar refractivity (Wildman–Crippen MR) is 104 cm³/mol. The number of nitrogens with two attached hydrogens (primary N) is 1. The molecule has 0 aromatic heterocycles. The highest BCUT2D eigenvalue weighted by molar-refractivity contribution is 6.35. The molecule has 2 aromatic carbocycles. The summed E-state index contributed by atoms with van der Waals surface area (Å²) < 4.78 is 5.25. The molecule has 1 atom stereocenters. The van der Waals surface area contributed by atoms with Crippen molar-refractivity contribution in [3.05, 3.63) is 63.6 Å². The average molecular weight is 422 g/mol. The number of carbonyl (C=O) groups is 3. The van der Waals surface area contributed by atoms with Gasteiger partial charge in [0.05, 0.1) is 6.54 Å². The van der Waals surface area contributed by atoms with Gasteiger partial charge in [0.2, 0.25) is 0 Å². The number of primary amides is 1. The third kappa shape index (κ3) is 3.90. The molecule has 1 aliphatic rings. The zero-order valence-electron chi connectivity index (χ0n) is 14.9. The molecule has 1 unspecified atom stereocenters. The summed E-state index contributed by atoms with van der Waals surface area (Å²) in [5, 5.41) is 3.41. The van der Waals surface area contributed by atoms with Gasteiger partial charge in [-0.1, -0.05) is 41.4 Å². The number of benzene rings is 2. The van der Waals surface area contributed by atoms with Crippen molar-refractivity contribution in [3.63, 3.8) is 0 Å². The molecule has 0 bridgehead atoms. The molecule has 0 aliphatic carbocycles. The number of rotatable bonds is 6. The van der Waals surface area contributed by atoms with E-state index in [9.17, 15) is 14.4 Å². The van der Waals surface area contributed by atoms with Crippen LogP contribution in [0.3, 0.4) is 0 Å². The van der Waals surface area contributed by atoms with E-state index in [-0.39, 0.29) is 18.2 Å². The number of amides is 4. The maximum atomic E-state index is 13.0. The number of nitrogens with one attached hydrogen (secondary N) is 1. The van der Waals surface area contributed by atoms with Gasteiger partial charge in [-0.15, -0.1) is 0 Å². The first-order valence-electron chi connectivity index (χ1n) is 8.30. The van der Waals surface area contributed by atoms with Gasteiger partial charge in [-0.05, 0) is 36.8 Å². The molecule has 2 aromatic rings. The van der Waals surface area contributed by atoms with Crippen LogP contribution in [0.2, 0.25) is 10.0 Å². The van der Waals surface area contributed by atoms with E-state index in [0.29, 0.717) is 21.9 Å². The number of ether oxygens (including phenoxy) is 1. The second-order valence-electron chi connectivity index (χ2n) is 6.47. The van der Waals surface area contributed by atoms with Gasteiger partial charge >= 0.3 is 6.03 Å². The fourth-order valence-electron chi connectivity index (χ4n) is 2.99.